The molecule has 0 bridgehead atoms. The number of hydrogen-bond acceptors (Lipinski definition) is 6. The Morgan fingerprint density at radius 1 is 1.52 bits per heavy atom. The van der Waals surface area contributed by atoms with Crippen molar-refractivity contribution in [2.24, 2.45) is 11.7 Å². The number of hydrazine groups is 2. The van der Waals surface area contributed by atoms with E-state index in [0.29, 0.717) is 18.0 Å². The van der Waals surface area contributed by atoms with Crippen LogP contribution in [0.4, 0.5) is 0 Å². The fraction of sp³-hybridized carbons (Fsp3) is 0.750. The van der Waals surface area contributed by atoms with E-state index >= 15 is 0 Å². The molecule has 9 heteroatoms. The first kappa shape index (κ1) is 19.8. The van der Waals surface area contributed by atoms with Crippen LogP contribution in [0.25, 0.3) is 0 Å². The third kappa shape index (κ3) is 5.23. The topological polar surface area (TPSA) is 111 Å². The van der Waals surface area contributed by atoms with Crippen LogP contribution in [-0.4, -0.2) is 58.6 Å². The number of carbonyl (C=O) groups excluding carboxylic acids is 2. The van der Waals surface area contributed by atoms with Gasteiger partial charge in [0.2, 0.25) is 0 Å². The Morgan fingerprint density at radius 3 is 2.80 bits per heavy atom. The third-order valence-corrected chi connectivity index (χ3v) is 5.19. The zero-order valence-corrected chi connectivity index (χ0v) is 15.5. The van der Waals surface area contributed by atoms with Gasteiger partial charge in [-0.25, -0.2) is 0 Å². The van der Waals surface area contributed by atoms with Gasteiger partial charge >= 0.3 is 0 Å². The Hall–Kier alpha value is -1.51. The summed E-state index contributed by atoms with van der Waals surface area (Å²) in [7, 11) is 3.20. The number of rotatable bonds is 6. The first-order valence-corrected chi connectivity index (χ1v) is 9.10. The predicted octanol–water partition coefficient (Wildman–Crippen LogP) is 0.0334. The molecule has 25 heavy (non-hydrogen) atoms. The summed E-state index contributed by atoms with van der Waals surface area (Å²) in [5.41, 5.74) is 11.5. The van der Waals surface area contributed by atoms with Gasteiger partial charge in [0.15, 0.2) is 5.38 Å². The maximum absolute atomic E-state index is 12.3. The number of halogens is 1. The van der Waals surface area contributed by atoms with Crippen LogP contribution in [0.3, 0.4) is 0 Å². The van der Waals surface area contributed by atoms with E-state index in [9.17, 15) is 14.7 Å². The van der Waals surface area contributed by atoms with E-state index in [-0.39, 0.29) is 0 Å². The maximum atomic E-state index is 12.3. The number of nitrogens with two attached hydrogens (primary N) is 1. The zero-order chi connectivity index (χ0) is 18.6. The van der Waals surface area contributed by atoms with Crippen molar-refractivity contribution >= 4 is 23.4 Å². The first-order chi connectivity index (χ1) is 11.8. The lowest BCUT2D eigenvalue weighted by atomic mass is 9.84. The van der Waals surface area contributed by atoms with Crippen molar-refractivity contribution in [3.8, 4) is 0 Å². The van der Waals surface area contributed by atoms with Crippen LogP contribution in [-0.2, 0) is 9.59 Å². The van der Waals surface area contributed by atoms with Crippen LogP contribution in [0.2, 0.25) is 0 Å². The summed E-state index contributed by atoms with van der Waals surface area (Å²) in [5.74, 6) is -0.531. The molecule has 142 valence electrons. The van der Waals surface area contributed by atoms with Crippen LogP contribution < -0.4 is 16.6 Å². The second kappa shape index (κ2) is 8.73. The molecule has 0 aromatic carbocycles. The standard InChI is InChI=1S/C16H28ClN5O3/c1-21-9-12(13(17)15(24)19-21)22(2)20-16(25)14(23)11(18)8-10-6-4-3-5-7-10/h9-11,13-14,23H,3-8,18H2,1-2H3,(H,19,24)(H,20,25)/t11-,13?,14?/m1/s1. The molecule has 2 amide bonds. The van der Waals surface area contributed by atoms with Gasteiger partial charge in [-0.3, -0.25) is 30.5 Å². The van der Waals surface area contributed by atoms with E-state index in [0.717, 1.165) is 12.8 Å². The van der Waals surface area contributed by atoms with Crippen LogP contribution in [0.15, 0.2) is 11.9 Å². The summed E-state index contributed by atoms with van der Waals surface area (Å²) >= 11 is 6.06. The number of nitrogens with one attached hydrogen (secondary N) is 2. The molecule has 2 unspecified atom stereocenters. The molecule has 0 aromatic heterocycles. The summed E-state index contributed by atoms with van der Waals surface area (Å²) in [6, 6.07) is -0.616. The molecule has 1 heterocycles. The van der Waals surface area contributed by atoms with Gasteiger partial charge in [0.05, 0.1) is 5.70 Å². The zero-order valence-electron chi connectivity index (χ0n) is 14.7. The molecule has 2 aliphatic rings. The highest BCUT2D eigenvalue weighted by molar-refractivity contribution is 6.32. The summed E-state index contributed by atoms with van der Waals surface area (Å²) in [6.07, 6.45) is 6.73. The van der Waals surface area contributed by atoms with Crippen LogP contribution in [0.1, 0.15) is 38.5 Å². The predicted molar refractivity (Wildman–Crippen MR) is 94.7 cm³/mol. The van der Waals surface area contributed by atoms with Gasteiger partial charge in [0, 0.05) is 26.3 Å². The molecule has 0 saturated heterocycles. The minimum absolute atomic E-state index is 0.391. The lowest BCUT2D eigenvalue weighted by Crippen LogP contribution is -2.55. The first-order valence-electron chi connectivity index (χ1n) is 8.66. The van der Waals surface area contributed by atoms with E-state index in [1.165, 1.54) is 29.3 Å². The van der Waals surface area contributed by atoms with Crippen molar-refractivity contribution in [2.75, 3.05) is 14.1 Å². The van der Waals surface area contributed by atoms with Crippen molar-refractivity contribution in [2.45, 2.75) is 56.0 Å². The highest BCUT2D eigenvalue weighted by Crippen LogP contribution is 2.27. The van der Waals surface area contributed by atoms with Crippen molar-refractivity contribution in [1.82, 2.24) is 20.9 Å². The van der Waals surface area contributed by atoms with E-state index in [1.54, 1.807) is 20.3 Å². The Labute approximate surface area is 153 Å². The Bertz CT molecular complexity index is 524. The number of aliphatic hydroxyl groups excluding tert-OH is 1. The van der Waals surface area contributed by atoms with Crippen molar-refractivity contribution in [3.63, 3.8) is 0 Å². The monoisotopic (exact) mass is 373 g/mol. The molecule has 1 aliphatic heterocycles. The number of amides is 2. The molecule has 2 rings (SSSR count). The minimum atomic E-state index is -1.31. The van der Waals surface area contributed by atoms with E-state index in [4.69, 9.17) is 17.3 Å². The van der Waals surface area contributed by atoms with Crippen molar-refractivity contribution in [3.05, 3.63) is 11.9 Å². The average Bonchev–Trinajstić information content (AvgIpc) is 2.58. The number of hydrogen-bond donors (Lipinski definition) is 4. The van der Waals surface area contributed by atoms with E-state index in [2.05, 4.69) is 10.9 Å². The Morgan fingerprint density at radius 2 is 2.16 bits per heavy atom. The number of carbonyl (C=O) groups is 2. The van der Waals surface area contributed by atoms with Crippen molar-refractivity contribution < 1.29 is 14.7 Å². The lowest BCUT2D eigenvalue weighted by Gasteiger charge is -2.33. The number of alkyl halides is 1. The third-order valence-electron chi connectivity index (χ3n) is 4.77. The second-order valence-electron chi connectivity index (χ2n) is 6.89. The molecule has 1 aliphatic carbocycles. The number of aliphatic hydroxyl groups is 1. The summed E-state index contributed by atoms with van der Waals surface area (Å²) in [4.78, 5) is 24.0. The van der Waals surface area contributed by atoms with Gasteiger partial charge < -0.3 is 10.8 Å². The minimum Gasteiger partial charge on any atom is -0.382 e. The van der Waals surface area contributed by atoms with Crippen LogP contribution in [0.5, 0.6) is 0 Å². The molecular weight excluding hydrogens is 346 g/mol. The Kier molecular flexibility index (Phi) is 6.92. The highest BCUT2D eigenvalue weighted by Gasteiger charge is 2.31. The largest absolute Gasteiger partial charge is 0.382 e. The summed E-state index contributed by atoms with van der Waals surface area (Å²) in [6.45, 7) is 0. The van der Waals surface area contributed by atoms with E-state index in [1.807, 2.05) is 0 Å². The molecule has 0 radical (unpaired) electrons. The lowest BCUT2D eigenvalue weighted by molar-refractivity contribution is -0.135. The van der Waals surface area contributed by atoms with Crippen LogP contribution in [0, 0.1) is 5.92 Å². The van der Waals surface area contributed by atoms with Gasteiger partial charge in [0.25, 0.3) is 11.8 Å². The van der Waals surface area contributed by atoms with Gasteiger partial charge in [0.1, 0.15) is 6.10 Å². The quantitative estimate of drug-likeness (QED) is 0.386. The summed E-state index contributed by atoms with van der Waals surface area (Å²) < 4.78 is 0. The van der Waals surface area contributed by atoms with Gasteiger partial charge in [-0.2, -0.15) is 0 Å². The normalized spacial score (nSPS) is 24.2. The molecule has 1 fully saturated rings. The van der Waals surface area contributed by atoms with Gasteiger partial charge in [-0.1, -0.05) is 32.1 Å². The van der Waals surface area contributed by atoms with Crippen molar-refractivity contribution in [1.29, 1.82) is 0 Å². The molecule has 5 N–H and O–H groups in total. The fourth-order valence-electron chi connectivity index (χ4n) is 3.34. The molecule has 8 nitrogen and oxygen atoms in total. The van der Waals surface area contributed by atoms with Crippen LogP contribution >= 0.6 is 11.6 Å². The molecule has 0 spiro atoms. The fourth-order valence-corrected chi connectivity index (χ4v) is 3.60. The second-order valence-corrected chi connectivity index (χ2v) is 7.32. The average molecular weight is 374 g/mol. The van der Waals surface area contributed by atoms with E-state index < -0.39 is 29.3 Å². The SMILES string of the molecule is CN1C=C(N(C)NC(=O)C(O)[C@H](N)CC2CCCCC2)C(Cl)C(=O)N1. The molecule has 1 saturated carbocycles. The smallest absolute Gasteiger partial charge is 0.268 e. The molecular formula is C16H28ClN5O3. The Balaban J connectivity index is 1.89. The van der Waals surface area contributed by atoms with Gasteiger partial charge in [-0.05, 0) is 12.3 Å². The molecule has 3 atom stereocenters. The number of nitrogens with zero attached hydrogens (tertiary/aromatic N) is 2. The highest BCUT2D eigenvalue weighted by atomic mass is 35.5. The maximum Gasteiger partial charge on any atom is 0.268 e. The van der Waals surface area contributed by atoms with Gasteiger partial charge in [-0.15, -0.1) is 11.6 Å². The summed E-state index contributed by atoms with van der Waals surface area (Å²) in [5, 5.41) is 12.1. The molecule has 0 aromatic rings.